The molecule has 24 heavy (non-hydrogen) atoms. The minimum Gasteiger partial charge on any atom is -0.465 e. The molecule has 1 aromatic carbocycles. The van der Waals surface area contributed by atoms with Gasteiger partial charge >= 0.3 is 5.97 Å². The zero-order valence-corrected chi connectivity index (χ0v) is 14.6. The van der Waals surface area contributed by atoms with E-state index in [1.807, 2.05) is 31.1 Å². The van der Waals surface area contributed by atoms with Gasteiger partial charge in [-0.2, -0.15) is 0 Å². The molecular weight excluding hydrogens is 308 g/mol. The molecule has 1 heterocycles. The van der Waals surface area contributed by atoms with E-state index in [1.165, 1.54) is 7.11 Å². The highest BCUT2D eigenvalue weighted by Crippen LogP contribution is 2.18. The van der Waals surface area contributed by atoms with E-state index in [1.54, 1.807) is 37.1 Å². The van der Waals surface area contributed by atoms with E-state index >= 15 is 0 Å². The molecule has 0 atom stereocenters. The highest BCUT2D eigenvalue weighted by Gasteiger charge is 2.18. The molecule has 0 aliphatic rings. The van der Waals surface area contributed by atoms with Crippen LogP contribution >= 0.6 is 0 Å². The number of anilines is 1. The lowest BCUT2D eigenvalue weighted by molar-refractivity contribution is 0.0598. The van der Waals surface area contributed by atoms with Crippen molar-refractivity contribution in [3.8, 4) is 0 Å². The predicted molar refractivity (Wildman–Crippen MR) is 91.4 cm³/mol. The molecule has 0 saturated heterocycles. The maximum absolute atomic E-state index is 12.5. The number of rotatable bonds is 5. The molecule has 0 radical (unpaired) electrons. The number of aryl methyl sites for hydroxylation is 1. The lowest BCUT2D eigenvalue weighted by Gasteiger charge is -2.17. The number of nitrogens with zero attached hydrogens (tertiary/aromatic N) is 2. The van der Waals surface area contributed by atoms with Gasteiger partial charge in [0.2, 0.25) is 0 Å². The van der Waals surface area contributed by atoms with Crippen LogP contribution in [0.5, 0.6) is 0 Å². The van der Waals surface area contributed by atoms with Crippen molar-refractivity contribution in [1.82, 2.24) is 4.90 Å². The van der Waals surface area contributed by atoms with Crippen LogP contribution in [-0.2, 0) is 11.3 Å². The maximum Gasteiger partial charge on any atom is 0.341 e. The van der Waals surface area contributed by atoms with Crippen molar-refractivity contribution in [2.24, 2.45) is 0 Å². The third-order valence-corrected chi connectivity index (χ3v) is 3.74. The Morgan fingerprint density at radius 1 is 1.12 bits per heavy atom. The van der Waals surface area contributed by atoms with Crippen LogP contribution < -0.4 is 4.90 Å². The number of methoxy groups -OCH3 is 1. The molecule has 0 bridgehead atoms. The van der Waals surface area contributed by atoms with Crippen LogP contribution in [0.3, 0.4) is 0 Å². The molecule has 1 amide bonds. The van der Waals surface area contributed by atoms with Crippen molar-refractivity contribution in [3.05, 3.63) is 53.0 Å². The first-order valence-corrected chi connectivity index (χ1v) is 7.54. The first-order chi connectivity index (χ1) is 11.3. The van der Waals surface area contributed by atoms with Crippen LogP contribution in [0.1, 0.15) is 32.2 Å². The summed E-state index contributed by atoms with van der Waals surface area (Å²) in [6.07, 6.45) is 0. The van der Waals surface area contributed by atoms with Crippen LogP contribution in [-0.4, -0.2) is 45.0 Å². The number of carbonyl (C=O) groups is 2. The second-order valence-corrected chi connectivity index (χ2v) is 5.78. The van der Waals surface area contributed by atoms with Gasteiger partial charge in [0.25, 0.3) is 5.91 Å². The SMILES string of the molecule is COC(=O)c1cc(CN(C)C(=O)c2ccc(N(C)C)cc2)oc1C. The average Bonchev–Trinajstić information content (AvgIpc) is 2.93. The summed E-state index contributed by atoms with van der Waals surface area (Å²) in [4.78, 5) is 27.6. The van der Waals surface area contributed by atoms with Gasteiger partial charge in [-0.15, -0.1) is 0 Å². The summed E-state index contributed by atoms with van der Waals surface area (Å²) >= 11 is 0. The van der Waals surface area contributed by atoms with E-state index < -0.39 is 5.97 Å². The smallest absolute Gasteiger partial charge is 0.341 e. The van der Waals surface area contributed by atoms with Crippen LogP contribution in [0, 0.1) is 6.92 Å². The number of benzene rings is 1. The van der Waals surface area contributed by atoms with Gasteiger partial charge < -0.3 is 19.0 Å². The zero-order valence-electron chi connectivity index (χ0n) is 14.6. The second kappa shape index (κ2) is 7.21. The minimum absolute atomic E-state index is 0.117. The molecule has 0 fully saturated rings. The van der Waals surface area contributed by atoms with Crippen LogP contribution in [0.4, 0.5) is 5.69 Å². The fourth-order valence-electron chi connectivity index (χ4n) is 2.36. The van der Waals surface area contributed by atoms with Crippen molar-refractivity contribution in [3.63, 3.8) is 0 Å². The molecule has 128 valence electrons. The molecule has 0 spiro atoms. The van der Waals surface area contributed by atoms with E-state index in [9.17, 15) is 9.59 Å². The molecule has 6 heteroatoms. The molecular formula is C18H22N2O4. The minimum atomic E-state index is -0.448. The van der Waals surface area contributed by atoms with Gasteiger partial charge in [-0.05, 0) is 37.3 Å². The van der Waals surface area contributed by atoms with E-state index in [4.69, 9.17) is 9.15 Å². The summed E-state index contributed by atoms with van der Waals surface area (Å²) in [6.45, 7) is 1.96. The van der Waals surface area contributed by atoms with Gasteiger partial charge in [0.15, 0.2) is 0 Å². The van der Waals surface area contributed by atoms with Gasteiger partial charge in [-0.3, -0.25) is 4.79 Å². The first-order valence-electron chi connectivity index (χ1n) is 7.54. The molecule has 0 N–H and O–H groups in total. The topological polar surface area (TPSA) is 63.0 Å². The number of esters is 1. The van der Waals surface area contributed by atoms with Gasteiger partial charge in [0, 0.05) is 32.4 Å². The molecule has 2 rings (SSSR count). The number of carbonyl (C=O) groups excluding carboxylic acids is 2. The largest absolute Gasteiger partial charge is 0.465 e. The monoisotopic (exact) mass is 330 g/mol. The zero-order chi connectivity index (χ0) is 17.9. The average molecular weight is 330 g/mol. The van der Waals surface area contributed by atoms with Crippen molar-refractivity contribution >= 4 is 17.6 Å². The molecule has 1 aromatic heterocycles. The summed E-state index contributed by atoms with van der Waals surface area (Å²) in [6, 6.07) is 8.99. The van der Waals surface area contributed by atoms with Crippen molar-refractivity contribution in [2.75, 3.05) is 33.2 Å². The second-order valence-electron chi connectivity index (χ2n) is 5.78. The van der Waals surface area contributed by atoms with Crippen molar-refractivity contribution in [2.45, 2.75) is 13.5 Å². The van der Waals surface area contributed by atoms with Crippen LogP contribution in [0.2, 0.25) is 0 Å². The predicted octanol–water partition coefficient (Wildman–Crippen LogP) is 2.71. The van der Waals surface area contributed by atoms with Gasteiger partial charge in [0.1, 0.15) is 17.1 Å². The standard InChI is InChI=1S/C18H22N2O4/c1-12-16(18(22)23-5)10-15(24-12)11-20(4)17(21)13-6-8-14(9-7-13)19(2)3/h6-10H,11H2,1-5H3. The van der Waals surface area contributed by atoms with Crippen LogP contribution in [0.25, 0.3) is 0 Å². The highest BCUT2D eigenvalue weighted by molar-refractivity contribution is 5.94. The van der Waals surface area contributed by atoms with Crippen molar-refractivity contribution < 1.29 is 18.7 Å². The molecule has 0 aliphatic heterocycles. The molecule has 6 nitrogen and oxygen atoms in total. The van der Waals surface area contributed by atoms with Crippen molar-refractivity contribution in [1.29, 1.82) is 0 Å². The Morgan fingerprint density at radius 3 is 2.29 bits per heavy atom. The third kappa shape index (κ3) is 3.76. The summed E-state index contributed by atoms with van der Waals surface area (Å²) < 4.78 is 10.2. The molecule has 0 aliphatic carbocycles. The molecule has 0 unspecified atom stereocenters. The highest BCUT2D eigenvalue weighted by atomic mass is 16.5. The first kappa shape index (κ1) is 17.6. The number of amides is 1. The maximum atomic E-state index is 12.5. The quantitative estimate of drug-likeness (QED) is 0.789. The fraction of sp³-hybridized carbons (Fsp3) is 0.333. The molecule has 0 saturated carbocycles. The van der Waals surface area contributed by atoms with Gasteiger partial charge in [0.05, 0.1) is 13.7 Å². The number of hydrogen-bond acceptors (Lipinski definition) is 5. The Kier molecular flexibility index (Phi) is 5.28. The van der Waals surface area contributed by atoms with E-state index in [2.05, 4.69) is 0 Å². The Labute approximate surface area is 141 Å². The Bertz CT molecular complexity index is 732. The normalized spacial score (nSPS) is 10.4. The van der Waals surface area contributed by atoms with E-state index in [-0.39, 0.29) is 12.5 Å². The third-order valence-electron chi connectivity index (χ3n) is 3.74. The Balaban J connectivity index is 2.10. The Morgan fingerprint density at radius 2 is 1.75 bits per heavy atom. The van der Waals surface area contributed by atoms with Crippen LogP contribution in [0.15, 0.2) is 34.7 Å². The van der Waals surface area contributed by atoms with E-state index in [0.29, 0.717) is 22.6 Å². The summed E-state index contributed by atoms with van der Waals surface area (Å²) in [5.74, 6) is 0.450. The van der Waals surface area contributed by atoms with Gasteiger partial charge in [-0.25, -0.2) is 4.79 Å². The lowest BCUT2D eigenvalue weighted by Crippen LogP contribution is -2.26. The summed E-state index contributed by atoms with van der Waals surface area (Å²) in [7, 11) is 6.90. The summed E-state index contributed by atoms with van der Waals surface area (Å²) in [5.41, 5.74) is 2.00. The number of ether oxygens (including phenoxy) is 1. The fourth-order valence-corrected chi connectivity index (χ4v) is 2.36. The van der Waals surface area contributed by atoms with Gasteiger partial charge in [-0.1, -0.05) is 0 Å². The molecule has 2 aromatic rings. The summed E-state index contributed by atoms with van der Waals surface area (Å²) in [5, 5.41) is 0. The number of furan rings is 1. The lowest BCUT2D eigenvalue weighted by atomic mass is 10.1. The number of hydrogen-bond donors (Lipinski definition) is 0. The van der Waals surface area contributed by atoms with E-state index in [0.717, 1.165) is 5.69 Å². The Hall–Kier alpha value is -2.76.